The molecule has 0 aliphatic heterocycles. The molecule has 1 aliphatic rings. The number of hydrogen-bond donors (Lipinski definition) is 1. The Kier molecular flexibility index (Phi) is 4.03. The quantitative estimate of drug-likeness (QED) is 0.571. The Bertz CT molecular complexity index is 304. The Hall–Kier alpha value is -0.830. The third kappa shape index (κ3) is 2.71. The highest BCUT2D eigenvalue weighted by atomic mass is 16.5. The van der Waals surface area contributed by atoms with Crippen LogP contribution in [0.4, 0.5) is 0 Å². The molecule has 1 rings (SSSR count). The number of rotatable bonds is 6. The zero-order valence-corrected chi connectivity index (χ0v) is 11.7. The van der Waals surface area contributed by atoms with Crippen LogP contribution in [-0.4, -0.2) is 25.7 Å². The van der Waals surface area contributed by atoms with Crippen molar-refractivity contribution in [3.8, 4) is 0 Å². The van der Waals surface area contributed by atoms with Crippen molar-refractivity contribution in [2.24, 2.45) is 16.7 Å². The van der Waals surface area contributed by atoms with E-state index >= 15 is 0 Å². The average Bonchev–Trinajstić information content (AvgIpc) is 2.60. The number of nitrogens with one attached hydrogen (secondary N) is 1. The second-order valence-electron chi connectivity index (χ2n) is 5.95. The zero-order valence-electron chi connectivity index (χ0n) is 11.7. The molecule has 0 aromatic heterocycles. The van der Waals surface area contributed by atoms with Crippen molar-refractivity contribution in [3.05, 3.63) is 12.2 Å². The number of hydrogen-bond acceptors (Lipinski definition) is 3. The van der Waals surface area contributed by atoms with Gasteiger partial charge in [-0.15, -0.1) is 0 Å². The summed E-state index contributed by atoms with van der Waals surface area (Å²) in [5.74, 6) is 0.360. The summed E-state index contributed by atoms with van der Waals surface area (Å²) in [5.41, 5.74) is 1.26. The first-order chi connectivity index (χ1) is 7.75. The van der Waals surface area contributed by atoms with Crippen LogP contribution in [0.25, 0.3) is 0 Å². The molecule has 3 heteroatoms. The van der Waals surface area contributed by atoms with Crippen LogP contribution in [0, 0.1) is 16.7 Å². The summed E-state index contributed by atoms with van der Waals surface area (Å²) >= 11 is 0. The van der Waals surface area contributed by atoms with E-state index in [1.54, 1.807) is 6.92 Å². The monoisotopic (exact) mass is 239 g/mol. The maximum Gasteiger partial charge on any atom is 0.334 e. The van der Waals surface area contributed by atoms with Crippen LogP contribution in [0.1, 0.15) is 34.6 Å². The zero-order chi connectivity index (χ0) is 13.3. The van der Waals surface area contributed by atoms with Crippen LogP contribution in [0.2, 0.25) is 0 Å². The fourth-order valence-electron chi connectivity index (χ4n) is 2.52. The Morgan fingerprint density at radius 3 is 2.24 bits per heavy atom. The van der Waals surface area contributed by atoms with Gasteiger partial charge in [0.05, 0.1) is 6.61 Å². The van der Waals surface area contributed by atoms with E-state index in [1.807, 2.05) is 0 Å². The Balaban J connectivity index is 2.26. The Labute approximate surface area is 105 Å². The molecule has 0 unspecified atom stereocenters. The van der Waals surface area contributed by atoms with Crippen molar-refractivity contribution in [3.63, 3.8) is 0 Å². The molecule has 1 N–H and O–H groups in total. The number of ether oxygens (including phenoxy) is 1. The number of carbonyl (C=O) groups is 1. The van der Waals surface area contributed by atoms with E-state index < -0.39 is 0 Å². The van der Waals surface area contributed by atoms with E-state index in [1.165, 1.54) is 0 Å². The second-order valence-corrected chi connectivity index (χ2v) is 5.95. The van der Waals surface area contributed by atoms with E-state index in [0.717, 1.165) is 6.54 Å². The minimum absolute atomic E-state index is 0.297. The molecular weight excluding hydrogens is 214 g/mol. The first kappa shape index (κ1) is 14.2. The van der Waals surface area contributed by atoms with Crippen LogP contribution in [0.5, 0.6) is 0 Å². The summed E-state index contributed by atoms with van der Waals surface area (Å²) in [6.45, 7) is 16.5. The third-order valence-corrected chi connectivity index (χ3v) is 4.57. The van der Waals surface area contributed by atoms with Gasteiger partial charge in [-0.1, -0.05) is 34.3 Å². The van der Waals surface area contributed by atoms with Gasteiger partial charge in [-0.05, 0) is 30.2 Å². The molecule has 0 radical (unpaired) electrons. The van der Waals surface area contributed by atoms with Gasteiger partial charge in [0.15, 0.2) is 0 Å². The molecule has 3 nitrogen and oxygen atoms in total. The molecule has 0 aromatic carbocycles. The van der Waals surface area contributed by atoms with Crippen molar-refractivity contribution in [2.75, 3.05) is 19.7 Å². The molecule has 0 saturated heterocycles. The fourth-order valence-corrected chi connectivity index (χ4v) is 2.52. The molecule has 0 atom stereocenters. The van der Waals surface area contributed by atoms with Crippen LogP contribution in [-0.2, 0) is 9.53 Å². The first-order valence-corrected chi connectivity index (χ1v) is 6.30. The summed E-state index contributed by atoms with van der Waals surface area (Å²) in [4.78, 5) is 11.3. The van der Waals surface area contributed by atoms with Gasteiger partial charge in [-0.2, -0.15) is 0 Å². The van der Waals surface area contributed by atoms with E-state index in [0.29, 0.717) is 35.5 Å². The highest BCUT2D eigenvalue weighted by Crippen LogP contribution is 2.67. The number of esters is 1. The summed E-state index contributed by atoms with van der Waals surface area (Å²) in [7, 11) is 0. The Morgan fingerprint density at radius 1 is 1.29 bits per heavy atom. The molecule has 1 saturated carbocycles. The van der Waals surface area contributed by atoms with E-state index in [-0.39, 0.29) is 5.97 Å². The summed E-state index contributed by atoms with van der Waals surface area (Å²) in [6, 6.07) is 0. The van der Waals surface area contributed by atoms with E-state index in [2.05, 4.69) is 39.6 Å². The first-order valence-electron chi connectivity index (χ1n) is 6.30. The largest absolute Gasteiger partial charge is 0.463 e. The second kappa shape index (κ2) is 4.81. The van der Waals surface area contributed by atoms with Gasteiger partial charge in [0, 0.05) is 12.1 Å². The van der Waals surface area contributed by atoms with Gasteiger partial charge in [0.2, 0.25) is 0 Å². The minimum atomic E-state index is -0.297. The lowest BCUT2D eigenvalue weighted by molar-refractivity contribution is -0.138. The standard InChI is InChI=1S/C14H25NO2/c1-7-17-12(16)10(2)8-15-9-11-13(3,4)14(11,5)6/h11,15H,2,7-9H2,1,3-6H3. The Morgan fingerprint density at radius 2 is 1.82 bits per heavy atom. The molecule has 0 bridgehead atoms. The average molecular weight is 239 g/mol. The van der Waals surface area contributed by atoms with Gasteiger partial charge in [0.1, 0.15) is 0 Å². The molecule has 0 amide bonds. The molecule has 0 aromatic rings. The van der Waals surface area contributed by atoms with Gasteiger partial charge in [-0.25, -0.2) is 4.79 Å². The number of carbonyl (C=O) groups excluding carboxylic acids is 1. The molecule has 0 heterocycles. The predicted molar refractivity (Wildman–Crippen MR) is 69.7 cm³/mol. The maximum absolute atomic E-state index is 11.3. The summed E-state index contributed by atoms with van der Waals surface area (Å²) < 4.78 is 4.88. The van der Waals surface area contributed by atoms with Crippen molar-refractivity contribution in [1.29, 1.82) is 0 Å². The molecule has 17 heavy (non-hydrogen) atoms. The summed E-state index contributed by atoms with van der Waals surface area (Å²) in [6.07, 6.45) is 0. The molecule has 98 valence electrons. The van der Waals surface area contributed by atoms with Crippen molar-refractivity contribution in [1.82, 2.24) is 5.32 Å². The van der Waals surface area contributed by atoms with Crippen LogP contribution >= 0.6 is 0 Å². The summed E-state index contributed by atoms with van der Waals surface area (Å²) in [5, 5.41) is 3.30. The fraction of sp³-hybridized carbons (Fsp3) is 0.786. The molecule has 0 spiro atoms. The highest BCUT2D eigenvalue weighted by molar-refractivity contribution is 5.88. The topological polar surface area (TPSA) is 38.3 Å². The van der Waals surface area contributed by atoms with Gasteiger partial charge >= 0.3 is 5.97 Å². The lowest BCUT2D eigenvalue weighted by atomic mass is 10.0. The van der Waals surface area contributed by atoms with Crippen LogP contribution < -0.4 is 5.32 Å². The van der Waals surface area contributed by atoms with Crippen molar-refractivity contribution >= 4 is 5.97 Å². The minimum Gasteiger partial charge on any atom is -0.463 e. The van der Waals surface area contributed by atoms with Crippen LogP contribution in [0.3, 0.4) is 0 Å². The van der Waals surface area contributed by atoms with E-state index in [9.17, 15) is 4.79 Å². The lowest BCUT2D eigenvalue weighted by Crippen LogP contribution is -2.25. The normalized spacial score (nSPS) is 21.0. The predicted octanol–water partition coefficient (Wildman–Crippen LogP) is 2.38. The molecular formula is C14H25NO2. The SMILES string of the molecule is C=C(CNCC1C(C)(C)C1(C)C)C(=O)OCC. The van der Waals surface area contributed by atoms with Gasteiger partial charge in [-0.3, -0.25) is 0 Å². The highest BCUT2D eigenvalue weighted by Gasteiger charge is 2.63. The third-order valence-electron chi connectivity index (χ3n) is 4.57. The van der Waals surface area contributed by atoms with Crippen molar-refractivity contribution < 1.29 is 9.53 Å². The maximum atomic E-state index is 11.3. The molecule has 1 fully saturated rings. The van der Waals surface area contributed by atoms with Gasteiger partial charge < -0.3 is 10.1 Å². The van der Waals surface area contributed by atoms with E-state index in [4.69, 9.17) is 4.74 Å². The van der Waals surface area contributed by atoms with Gasteiger partial charge in [0.25, 0.3) is 0 Å². The lowest BCUT2D eigenvalue weighted by Gasteiger charge is -2.08. The van der Waals surface area contributed by atoms with Crippen LogP contribution in [0.15, 0.2) is 12.2 Å². The smallest absolute Gasteiger partial charge is 0.334 e. The molecule has 1 aliphatic carbocycles. The van der Waals surface area contributed by atoms with Crippen molar-refractivity contribution in [2.45, 2.75) is 34.6 Å².